The van der Waals surface area contributed by atoms with E-state index in [4.69, 9.17) is 20.2 Å². The highest BCUT2D eigenvalue weighted by molar-refractivity contribution is 5.05. The van der Waals surface area contributed by atoms with Crippen LogP contribution < -0.4 is 5.73 Å². The van der Waals surface area contributed by atoms with Crippen molar-refractivity contribution < 1.29 is 14.5 Å². The summed E-state index contributed by atoms with van der Waals surface area (Å²) >= 11 is 0. The predicted molar refractivity (Wildman–Crippen MR) is 97.7 cm³/mol. The molecule has 1 saturated heterocycles. The van der Waals surface area contributed by atoms with Crippen molar-refractivity contribution in [2.45, 2.75) is 101 Å². The molecule has 0 aromatic rings. The fraction of sp³-hybridized carbons (Fsp3) is 1.00. The smallest absolute Gasteiger partial charge is 0.210 e. The first-order valence-electron chi connectivity index (χ1n) is 11.5. The minimum absolute atomic E-state index is 0.391. The summed E-state index contributed by atoms with van der Waals surface area (Å²) in [5.74, 6) is 3.92. The lowest BCUT2D eigenvalue weighted by Gasteiger charge is -2.57. The lowest BCUT2D eigenvalue weighted by atomic mass is 9.53. The Labute approximate surface area is 157 Å². The van der Waals surface area contributed by atoms with Crippen LogP contribution in [-0.2, 0) is 14.5 Å². The second-order valence-corrected chi connectivity index (χ2v) is 10.7. The monoisotopic (exact) mass is 361 g/mol. The number of rotatable bonds is 1. The van der Waals surface area contributed by atoms with Crippen molar-refractivity contribution in [2.75, 3.05) is 0 Å². The van der Waals surface area contributed by atoms with E-state index in [1.165, 1.54) is 70.6 Å². The number of nitrogens with two attached hydrogens (primary N) is 1. The molecule has 146 valence electrons. The van der Waals surface area contributed by atoms with Gasteiger partial charge in [0.25, 0.3) is 0 Å². The predicted octanol–water partition coefficient (Wildman–Crippen LogP) is 4.52. The largest absolute Gasteiger partial charge is 0.328 e. The first-order chi connectivity index (χ1) is 12.6. The third-order valence-corrected chi connectivity index (χ3v) is 9.22. The average Bonchev–Trinajstić information content (AvgIpc) is 3.01. The summed E-state index contributed by atoms with van der Waals surface area (Å²) in [6.07, 6.45) is 16.3. The maximum absolute atomic E-state index is 6.84. The minimum atomic E-state index is -0.434. The van der Waals surface area contributed by atoms with Gasteiger partial charge in [-0.05, 0) is 94.3 Å². The van der Waals surface area contributed by atoms with Crippen molar-refractivity contribution in [3.8, 4) is 0 Å². The van der Waals surface area contributed by atoms with E-state index in [-0.39, 0.29) is 0 Å². The van der Waals surface area contributed by atoms with Crippen molar-refractivity contribution >= 4 is 0 Å². The van der Waals surface area contributed by atoms with Gasteiger partial charge >= 0.3 is 0 Å². The van der Waals surface area contributed by atoms with Gasteiger partial charge in [-0.3, -0.25) is 0 Å². The second kappa shape index (κ2) is 5.92. The molecule has 0 radical (unpaired) electrons. The van der Waals surface area contributed by atoms with E-state index < -0.39 is 11.6 Å². The third kappa shape index (κ3) is 2.48. The fourth-order valence-electron chi connectivity index (χ4n) is 7.96. The van der Waals surface area contributed by atoms with Crippen LogP contribution in [0.25, 0.3) is 0 Å². The van der Waals surface area contributed by atoms with Gasteiger partial charge in [0.2, 0.25) is 11.6 Å². The maximum Gasteiger partial charge on any atom is 0.210 e. The Morgan fingerprint density at radius 2 is 1.23 bits per heavy atom. The van der Waals surface area contributed by atoms with Crippen molar-refractivity contribution in [3.63, 3.8) is 0 Å². The highest BCUT2D eigenvalue weighted by Crippen LogP contribution is 2.64. The van der Waals surface area contributed by atoms with Gasteiger partial charge in [0.15, 0.2) is 0 Å². The summed E-state index contributed by atoms with van der Waals surface area (Å²) in [5.41, 5.74) is 6.10. The molecule has 0 aromatic heterocycles. The van der Waals surface area contributed by atoms with Crippen LogP contribution >= 0.6 is 0 Å². The quantitative estimate of drug-likeness (QED) is 0.698. The van der Waals surface area contributed by atoms with E-state index in [9.17, 15) is 0 Å². The zero-order valence-corrected chi connectivity index (χ0v) is 16.0. The van der Waals surface area contributed by atoms with Crippen molar-refractivity contribution in [1.82, 2.24) is 0 Å². The van der Waals surface area contributed by atoms with Crippen LogP contribution in [-0.4, -0.2) is 17.6 Å². The van der Waals surface area contributed by atoms with Gasteiger partial charge in [0.1, 0.15) is 0 Å². The average molecular weight is 362 g/mol. The zero-order valence-electron chi connectivity index (χ0n) is 16.0. The Bertz CT molecular complexity index is 520. The molecule has 0 aromatic carbocycles. The van der Waals surface area contributed by atoms with Gasteiger partial charge in [-0.1, -0.05) is 0 Å². The Kier molecular flexibility index (Phi) is 3.82. The highest BCUT2D eigenvalue weighted by Gasteiger charge is 2.66. The standard InChI is InChI=1S/C22H35NO3/c23-20-3-1-16(2-4-20)17-5-7-21(8-6-17)24-22(26-25-21)18-10-14-9-15(12-18)13-19(22)11-14/h14-20H,1-13,23H2/t14?,15?,16?,17-,18?,19?,20?,21+,22-. The molecule has 4 bridgehead atoms. The van der Waals surface area contributed by atoms with Crippen LogP contribution in [0.4, 0.5) is 0 Å². The molecular formula is C22H35NO3. The number of hydrogen-bond donors (Lipinski definition) is 1. The van der Waals surface area contributed by atoms with E-state index in [2.05, 4.69) is 0 Å². The molecule has 26 heavy (non-hydrogen) atoms. The normalized spacial score (nSPS) is 58.7. The molecule has 7 rings (SSSR count). The van der Waals surface area contributed by atoms with Crippen LogP contribution in [0.3, 0.4) is 0 Å². The second-order valence-electron chi connectivity index (χ2n) is 10.7. The van der Waals surface area contributed by atoms with Crippen molar-refractivity contribution in [2.24, 2.45) is 41.2 Å². The van der Waals surface area contributed by atoms with Crippen LogP contribution in [0.2, 0.25) is 0 Å². The van der Waals surface area contributed by atoms with Gasteiger partial charge in [-0.15, -0.1) is 0 Å². The molecular weight excluding hydrogens is 326 g/mol. The summed E-state index contributed by atoms with van der Waals surface area (Å²) in [6.45, 7) is 0. The Morgan fingerprint density at radius 1 is 0.654 bits per heavy atom. The number of ether oxygens (including phenoxy) is 1. The van der Waals surface area contributed by atoms with Crippen LogP contribution in [0.1, 0.15) is 83.5 Å². The molecule has 4 nitrogen and oxygen atoms in total. The summed E-state index contributed by atoms with van der Waals surface area (Å²) < 4.78 is 6.84. The first kappa shape index (κ1) is 16.8. The van der Waals surface area contributed by atoms with E-state index in [0.29, 0.717) is 17.9 Å². The van der Waals surface area contributed by atoms with Gasteiger partial charge in [0, 0.05) is 30.7 Å². The molecule has 2 spiro atoms. The van der Waals surface area contributed by atoms with Gasteiger partial charge < -0.3 is 10.5 Å². The molecule has 4 heteroatoms. The summed E-state index contributed by atoms with van der Waals surface area (Å²) in [6, 6.07) is 0.452. The molecule has 6 aliphatic carbocycles. The van der Waals surface area contributed by atoms with E-state index >= 15 is 0 Å². The topological polar surface area (TPSA) is 53.7 Å². The lowest BCUT2D eigenvalue weighted by molar-refractivity contribution is -0.390. The minimum Gasteiger partial charge on any atom is -0.328 e. The van der Waals surface area contributed by atoms with Crippen LogP contribution in [0.5, 0.6) is 0 Å². The molecule has 0 atom stereocenters. The first-order valence-corrected chi connectivity index (χ1v) is 11.5. The van der Waals surface area contributed by atoms with Gasteiger partial charge in [-0.25, -0.2) is 0 Å². The molecule has 7 aliphatic rings. The van der Waals surface area contributed by atoms with E-state index in [1.54, 1.807) is 0 Å². The molecule has 1 aliphatic heterocycles. The van der Waals surface area contributed by atoms with Crippen molar-refractivity contribution in [3.05, 3.63) is 0 Å². The van der Waals surface area contributed by atoms with Crippen molar-refractivity contribution in [1.29, 1.82) is 0 Å². The highest BCUT2D eigenvalue weighted by atomic mass is 17.3. The Hall–Kier alpha value is -0.160. The van der Waals surface area contributed by atoms with Gasteiger partial charge in [0.05, 0.1) is 0 Å². The molecule has 6 saturated carbocycles. The summed E-state index contributed by atoms with van der Waals surface area (Å²) in [4.78, 5) is 12.2. The van der Waals surface area contributed by atoms with E-state index in [1.807, 2.05) is 0 Å². The zero-order chi connectivity index (χ0) is 17.4. The molecule has 0 unspecified atom stereocenters. The van der Waals surface area contributed by atoms with E-state index in [0.717, 1.165) is 36.5 Å². The summed E-state index contributed by atoms with van der Waals surface area (Å²) in [7, 11) is 0. The summed E-state index contributed by atoms with van der Waals surface area (Å²) in [5, 5.41) is 0. The number of hydrogen-bond acceptors (Lipinski definition) is 4. The molecule has 7 fully saturated rings. The van der Waals surface area contributed by atoms with Gasteiger partial charge in [-0.2, -0.15) is 9.78 Å². The molecule has 2 N–H and O–H groups in total. The SMILES string of the molecule is NC1CCC([C@H]2CC[C@]3(CC2)OO[C@]2(O3)C3CC4CC(C3)CC2C4)CC1. The fourth-order valence-corrected chi connectivity index (χ4v) is 7.96. The third-order valence-electron chi connectivity index (χ3n) is 9.22. The maximum atomic E-state index is 6.84. The van der Waals surface area contributed by atoms with Crippen LogP contribution in [0.15, 0.2) is 0 Å². The van der Waals surface area contributed by atoms with Crippen LogP contribution in [0, 0.1) is 35.5 Å². The lowest BCUT2D eigenvalue weighted by Crippen LogP contribution is -2.59. The Balaban J connectivity index is 1.13. The molecule has 1 heterocycles. The Morgan fingerprint density at radius 3 is 1.85 bits per heavy atom. The molecule has 0 amide bonds.